The average molecular weight is 353 g/mol. The number of aromatic nitrogens is 1. The summed E-state index contributed by atoms with van der Waals surface area (Å²) in [6.45, 7) is 12.3. The lowest BCUT2D eigenvalue weighted by Gasteiger charge is -2.28. The van der Waals surface area contributed by atoms with Gasteiger partial charge in [-0.3, -0.25) is 4.79 Å². The van der Waals surface area contributed by atoms with Crippen LogP contribution in [0.1, 0.15) is 69.2 Å². The molecule has 7 heteroatoms. The SMILES string of the molecule is CC(N[S+]([O-])C(C)(C)C)c1nc(N(C)C(C)C)cc2c1CNC2=O. The maximum absolute atomic E-state index is 12.4. The fraction of sp³-hybridized carbons (Fsp3) is 0.647. The highest BCUT2D eigenvalue weighted by atomic mass is 32.2. The lowest BCUT2D eigenvalue weighted by molar-refractivity contribution is 0.0965. The molecule has 2 N–H and O–H groups in total. The number of amides is 1. The van der Waals surface area contributed by atoms with Crippen molar-refractivity contribution in [3.8, 4) is 0 Å². The zero-order chi connectivity index (χ0) is 18.2. The first-order valence-corrected chi connectivity index (χ1v) is 9.40. The van der Waals surface area contributed by atoms with E-state index < -0.39 is 11.4 Å². The minimum Gasteiger partial charge on any atom is -0.598 e. The molecule has 2 heterocycles. The van der Waals surface area contributed by atoms with Gasteiger partial charge in [0.15, 0.2) is 0 Å². The van der Waals surface area contributed by atoms with Crippen LogP contribution in [0.25, 0.3) is 0 Å². The molecule has 2 atom stereocenters. The van der Waals surface area contributed by atoms with Gasteiger partial charge in [0, 0.05) is 42.1 Å². The van der Waals surface area contributed by atoms with E-state index in [9.17, 15) is 9.35 Å². The Hall–Kier alpha value is -1.31. The van der Waals surface area contributed by atoms with E-state index in [0.717, 1.165) is 17.1 Å². The molecule has 1 aromatic rings. The molecule has 2 unspecified atom stereocenters. The number of carbonyl (C=O) groups excluding carboxylic acids is 1. The molecule has 2 rings (SSSR count). The van der Waals surface area contributed by atoms with Gasteiger partial charge >= 0.3 is 0 Å². The van der Waals surface area contributed by atoms with Crippen LogP contribution in [0.5, 0.6) is 0 Å². The van der Waals surface area contributed by atoms with Crippen LogP contribution in [0, 0.1) is 0 Å². The highest BCUT2D eigenvalue weighted by Gasteiger charge is 2.32. The van der Waals surface area contributed by atoms with Crippen LogP contribution < -0.4 is 14.9 Å². The first-order valence-electron chi connectivity index (χ1n) is 8.25. The zero-order valence-electron chi connectivity index (χ0n) is 15.6. The molecule has 1 amide bonds. The number of fused-ring (bicyclic) bond motifs is 1. The maximum Gasteiger partial charge on any atom is 0.252 e. The second-order valence-electron chi connectivity index (χ2n) is 7.50. The highest BCUT2D eigenvalue weighted by Crippen LogP contribution is 2.29. The van der Waals surface area contributed by atoms with Crippen molar-refractivity contribution in [3.05, 3.63) is 22.9 Å². The second kappa shape index (κ2) is 6.90. The Morgan fingerprint density at radius 2 is 2.00 bits per heavy atom. The third kappa shape index (κ3) is 3.84. The van der Waals surface area contributed by atoms with E-state index in [1.807, 2.05) is 45.7 Å². The molecule has 134 valence electrons. The Labute approximate surface area is 147 Å². The fourth-order valence-corrected chi connectivity index (χ4v) is 3.21. The molecule has 0 saturated carbocycles. The minimum atomic E-state index is -1.21. The first-order chi connectivity index (χ1) is 11.0. The zero-order valence-corrected chi connectivity index (χ0v) is 16.4. The Kier molecular flexibility index (Phi) is 5.47. The Balaban J connectivity index is 2.41. The van der Waals surface area contributed by atoms with Crippen LogP contribution in [-0.4, -0.2) is 33.3 Å². The van der Waals surface area contributed by atoms with Crippen molar-refractivity contribution in [1.82, 2.24) is 15.0 Å². The molecule has 1 aliphatic heterocycles. The lowest BCUT2D eigenvalue weighted by Crippen LogP contribution is -2.41. The summed E-state index contributed by atoms with van der Waals surface area (Å²) in [5.41, 5.74) is 2.34. The van der Waals surface area contributed by atoms with E-state index in [2.05, 4.69) is 23.9 Å². The van der Waals surface area contributed by atoms with Gasteiger partial charge in [-0.15, -0.1) is 4.72 Å². The van der Waals surface area contributed by atoms with Gasteiger partial charge in [-0.2, -0.15) is 0 Å². The molecule has 0 spiro atoms. The number of hydrogen-bond donors (Lipinski definition) is 2. The van der Waals surface area contributed by atoms with Gasteiger partial charge in [0.1, 0.15) is 10.6 Å². The van der Waals surface area contributed by atoms with Gasteiger partial charge < -0.3 is 14.8 Å². The monoisotopic (exact) mass is 352 g/mol. The van der Waals surface area contributed by atoms with Crippen molar-refractivity contribution < 1.29 is 9.35 Å². The second-order valence-corrected chi connectivity index (χ2v) is 9.50. The predicted molar refractivity (Wildman–Crippen MR) is 98.4 cm³/mol. The summed E-state index contributed by atoms with van der Waals surface area (Å²) < 4.78 is 15.2. The Bertz CT molecular complexity index is 628. The van der Waals surface area contributed by atoms with Crippen molar-refractivity contribution in [2.24, 2.45) is 0 Å². The number of nitrogens with one attached hydrogen (secondary N) is 2. The van der Waals surface area contributed by atoms with Gasteiger partial charge in [0.2, 0.25) is 0 Å². The molecule has 24 heavy (non-hydrogen) atoms. The summed E-state index contributed by atoms with van der Waals surface area (Å²) in [5.74, 6) is 0.683. The van der Waals surface area contributed by atoms with Crippen molar-refractivity contribution in [1.29, 1.82) is 0 Å². The highest BCUT2D eigenvalue weighted by molar-refractivity contribution is 7.90. The fourth-order valence-electron chi connectivity index (χ4n) is 2.43. The van der Waals surface area contributed by atoms with Crippen molar-refractivity contribution >= 4 is 23.1 Å². The molecule has 1 aromatic heterocycles. The molecule has 1 aliphatic rings. The van der Waals surface area contributed by atoms with E-state index in [4.69, 9.17) is 4.98 Å². The van der Waals surface area contributed by atoms with Crippen LogP contribution in [0.4, 0.5) is 5.82 Å². The molecular weight excluding hydrogens is 324 g/mol. The van der Waals surface area contributed by atoms with Crippen LogP contribution in [-0.2, 0) is 17.9 Å². The molecule has 6 nitrogen and oxygen atoms in total. The van der Waals surface area contributed by atoms with Gasteiger partial charge in [-0.05, 0) is 47.6 Å². The Morgan fingerprint density at radius 3 is 2.54 bits per heavy atom. The van der Waals surface area contributed by atoms with E-state index in [0.29, 0.717) is 12.1 Å². The third-order valence-electron chi connectivity index (χ3n) is 4.20. The minimum absolute atomic E-state index is 0.0730. The van der Waals surface area contributed by atoms with Gasteiger partial charge in [-0.25, -0.2) is 4.98 Å². The van der Waals surface area contributed by atoms with Crippen molar-refractivity contribution in [2.75, 3.05) is 11.9 Å². The van der Waals surface area contributed by atoms with Crippen molar-refractivity contribution in [3.63, 3.8) is 0 Å². The van der Waals surface area contributed by atoms with Crippen LogP contribution in [0.2, 0.25) is 0 Å². The predicted octanol–water partition coefficient (Wildman–Crippen LogP) is 2.28. The van der Waals surface area contributed by atoms with Gasteiger partial charge in [0.25, 0.3) is 5.91 Å². The number of pyridine rings is 1. The summed E-state index contributed by atoms with van der Waals surface area (Å²) in [7, 11) is 1.96. The molecule has 0 fully saturated rings. The first kappa shape index (κ1) is 19.0. The maximum atomic E-state index is 12.4. The summed E-state index contributed by atoms with van der Waals surface area (Å²) in [6, 6.07) is 1.89. The molecule has 0 aliphatic carbocycles. The molecular formula is C17H28N4O2S. The van der Waals surface area contributed by atoms with Crippen LogP contribution >= 0.6 is 0 Å². The summed E-state index contributed by atoms with van der Waals surface area (Å²) in [4.78, 5) is 18.9. The molecule has 0 radical (unpaired) electrons. The summed E-state index contributed by atoms with van der Waals surface area (Å²) in [5, 5.41) is 2.86. The standard InChI is InChI=1S/C17H28N4O2S/c1-10(2)21(7)14-8-12-13(9-18-16(12)22)15(19-14)11(3)20-24(23)17(4,5)6/h8,10-11,20H,9H2,1-7H3,(H,18,22). The van der Waals surface area contributed by atoms with E-state index in [1.165, 1.54) is 0 Å². The molecule has 0 saturated heterocycles. The lowest BCUT2D eigenvalue weighted by atomic mass is 10.0. The van der Waals surface area contributed by atoms with E-state index in [-0.39, 0.29) is 22.7 Å². The summed E-state index contributed by atoms with van der Waals surface area (Å²) in [6.07, 6.45) is 0. The number of rotatable bonds is 5. The third-order valence-corrected chi connectivity index (χ3v) is 5.88. The normalized spacial score (nSPS) is 16.8. The largest absolute Gasteiger partial charge is 0.598 e. The van der Waals surface area contributed by atoms with Crippen LogP contribution in [0.3, 0.4) is 0 Å². The summed E-state index contributed by atoms with van der Waals surface area (Å²) >= 11 is -1.21. The number of nitrogens with zero attached hydrogens (tertiary/aromatic N) is 2. The van der Waals surface area contributed by atoms with E-state index in [1.54, 1.807) is 0 Å². The topological polar surface area (TPSA) is 80.3 Å². The van der Waals surface area contributed by atoms with Gasteiger partial charge in [-0.1, -0.05) is 0 Å². The van der Waals surface area contributed by atoms with E-state index >= 15 is 0 Å². The number of carbonyl (C=O) groups is 1. The number of hydrogen-bond acceptors (Lipinski definition) is 5. The smallest absolute Gasteiger partial charge is 0.252 e. The van der Waals surface area contributed by atoms with Crippen LogP contribution in [0.15, 0.2) is 6.07 Å². The molecule has 0 aromatic carbocycles. The number of anilines is 1. The Morgan fingerprint density at radius 1 is 1.38 bits per heavy atom. The quantitative estimate of drug-likeness (QED) is 0.795. The van der Waals surface area contributed by atoms with Gasteiger partial charge in [0.05, 0.1) is 11.7 Å². The van der Waals surface area contributed by atoms with Crippen molar-refractivity contribution in [2.45, 2.75) is 64.9 Å². The molecule has 0 bridgehead atoms. The average Bonchev–Trinajstić information content (AvgIpc) is 2.85.